The van der Waals surface area contributed by atoms with Gasteiger partial charge in [0.2, 0.25) is 5.91 Å². The summed E-state index contributed by atoms with van der Waals surface area (Å²) in [5.74, 6) is -0.359. The largest absolute Gasteiger partial charge is 0.382 e. The number of carbonyl (C=O) groups is 2. The Hall–Kier alpha value is -3.36. The predicted octanol–water partition coefficient (Wildman–Crippen LogP) is 0.293. The number of pyridine rings is 1. The van der Waals surface area contributed by atoms with E-state index in [4.69, 9.17) is 5.73 Å². The summed E-state index contributed by atoms with van der Waals surface area (Å²) < 4.78 is 0. The van der Waals surface area contributed by atoms with Crippen molar-refractivity contribution < 1.29 is 9.59 Å². The molecule has 0 saturated heterocycles. The Morgan fingerprint density at radius 3 is 2.73 bits per heavy atom. The summed E-state index contributed by atoms with van der Waals surface area (Å²) >= 11 is 0. The third-order valence-electron chi connectivity index (χ3n) is 2.47. The maximum absolute atomic E-state index is 11.1. The first-order chi connectivity index (χ1) is 10.6. The maximum Gasteiger partial charge on any atom is 0.259 e. The fourth-order valence-electron chi connectivity index (χ4n) is 1.51. The third-order valence-corrected chi connectivity index (χ3v) is 2.47. The fraction of sp³-hybridized carbons (Fsp3) is 0.0769. The summed E-state index contributed by atoms with van der Waals surface area (Å²) in [5, 5.41) is 2.14. The molecule has 2 amide bonds. The molecule has 9 heteroatoms. The molecule has 0 aliphatic heterocycles. The highest BCUT2D eigenvalue weighted by molar-refractivity contribution is 6.03. The zero-order chi connectivity index (χ0) is 15.9. The van der Waals surface area contributed by atoms with Crippen molar-refractivity contribution in [1.29, 1.82) is 0 Å². The Balaban J connectivity index is 0.000000162. The van der Waals surface area contributed by atoms with Gasteiger partial charge >= 0.3 is 0 Å². The summed E-state index contributed by atoms with van der Waals surface area (Å²) in [6.07, 6.45) is 5.89. The van der Waals surface area contributed by atoms with Gasteiger partial charge in [-0.2, -0.15) is 0 Å². The molecule has 0 aromatic carbocycles. The summed E-state index contributed by atoms with van der Waals surface area (Å²) in [6, 6.07) is 3.22. The number of aromatic nitrogens is 5. The Kier molecular flexibility index (Phi) is 4.70. The van der Waals surface area contributed by atoms with E-state index in [1.54, 1.807) is 18.3 Å². The van der Waals surface area contributed by atoms with E-state index in [1.807, 2.05) is 0 Å². The number of amides is 2. The van der Waals surface area contributed by atoms with Gasteiger partial charge in [-0.3, -0.25) is 19.9 Å². The highest BCUT2D eigenvalue weighted by Crippen LogP contribution is 2.09. The lowest BCUT2D eigenvalue weighted by Gasteiger charge is -1.98. The Bertz CT molecular complexity index is 785. The molecule has 0 atom stereocenters. The van der Waals surface area contributed by atoms with E-state index in [2.05, 4.69) is 30.2 Å². The third kappa shape index (κ3) is 3.82. The van der Waals surface area contributed by atoms with Crippen molar-refractivity contribution in [3.05, 3.63) is 42.7 Å². The van der Waals surface area contributed by atoms with Crippen molar-refractivity contribution in [1.82, 2.24) is 30.2 Å². The van der Waals surface area contributed by atoms with Crippen LogP contribution in [0.1, 0.15) is 17.3 Å². The topological polar surface area (TPSA) is 140 Å². The second-order valence-corrected chi connectivity index (χ2v) is 4.11. The van der Waals surface area contributed by atoms with Gasteiger partial charge in [-0.05, 0) is 12.1 Å². The smallest absolute Gasteiger partial charge is 0.259 e. The first-order valence-corrected chi connectivity index (χ1v) is 6.19. The minimum absolute atomic E-state index is 0.371. The van der Waals surface area contributed by atoms with Gasteiger partial charge in [0.1, 0.15) is 11.8 Å². The van der Waals surface area contributed by atoms with E-state index in [0.29, 0.717) is 22.5 Å². The molecule has 9 nitrogen and oxygen atoms in total. The number of hydrogen-bond donors (Lipinski definition) is 3. The van der Waals surface area contributed by atoms with E-state index in [9.17, 15) is 9.59 Å². The zero-order valence-corrected chi connectivity index (χ0v) is 11.6. The summed E-state index contributed by atoms with van der Waals surface area (Å²) in [4.78, 5) is 39.7. The minimum atomic E-state index is -0.421. The van der Waals surface area contributed by atoms with E-state index < -0.39 is 5.91 Å². The van der Waals surface area contributed by atoms with Gasteiger partial charge < -0.3 is 10.7 Å². The van der Waals surface area contributed by atoms with Gasteiger partial charge in [0.15, 0.2) is 11.5 Å². The van der Waals surface area contributed by atoms with E-state index >= 15 is 0 Å². The SMILES string of the molecule is CC(=O)NC(=O)c1cccnc1.Nc1ncnc2nc[nH]c12. The quantitative estimate of drug-likeness (QED) is 0.586. The number of H-pyrrole nitrogens is 1. The van der Waals surface area contributed by atoms with E-state index in [1.165, 1.54) is 25.8 Å². The number of imide groups is 1. The second kappa shape index (κ2) is 6.88. The number of imidazole rings is 1. The van der Waals surface area contributed by atoms with Gasteiger partial charge in [-0.25, -0.2) is 15.0 Å². The molecule has 0 radical (unpaired) electrons. The predicted molar refractivity (Wildman–Crippen MR) is 78.5 cm³/mol. The normalized spacial score (nSPS) is 9.68. The van der Waals surface area contributed by atoms with Gasteiger partial charge in [-0.15, -0.1) is 0 Å². The molecular weight excluding hydrogens is 286 g/mol. The Labute approximate surface area is 125 Å². The van der Waals surface area contributed by atoms with Crippen LogP contribution in [0, 0.1) is 0 Å². The molecular formula is C13H13N7O2. The van der Waals surface area contributed by atoms with Crippen LogP contribution >= 0.6 is 0 Å². The highest BCUT2D eigenvalue weighted by atomic mass is 16.2. The van der Waals surface area contributed by atoms with Gasteiger partial charge in [0.05, 0.1) is 11.9 Å². The molecule has 3 aromatic heterocycles. The molecule has 112 valence electrons. The van der Waals surface area contributed by atoms with Crippen LogP contribution < -0.4 is 11.1 Å². The monoisotopic (exact) mass is 299 g/mol. The second-order valence-electron chi connectivity index (χ2n) is 4.11. The fourth-order valence-corrected chi connectivity index (χ4v) is 1.51. The van der Waals surface area contributed by atoms with Gasteiger partial charge in [0.25, 0.3) is 5.91 Å². The van der Waals surface area contributed by atoms with Crippen LogP contribution in [0.25, 0.3) is 11.2 Å². The molecule has 4 N–H and O–H groups in total. The lowest BCUT2D eigenvalue weighted by atomic mass is 10.3. The molecule has 0 bridgehead atoms. The number of carbonyl (C=O) groups excluding carboxylic acids is 2. The van der Waals surface area contributed by atoms with Crippen molar-refractivity contribution in [2.75, 3.05) is 5.73 Å². The lowest BCUT2D eigenvalue weighted by Crippen LogP contribution is -2.27. The maximum atomic E-state index is 11.1. The molecule has 0 aliphatic rings. The number of rotatable bonds is 1. The molecule has 3 aromatic rings. The first-order valence-electron chi connectivity index (χ1n) is 6.19. The average molecular weight is 299 g/mol. The van der Waals surface area contributed by atoms with Crippen molar-refractivity contribution in [3.63, 3.8) is 0 Å². The summed E-state index contributed by atoms with van der Waals surface area (Å²) in [5.41, 5.74) is 7.16. The number of aromatic amines is 1. The number of fused-ring (bicyclic) bond motifs is 1. The van der Waals surface area contributed by atoms with Crippen LogP contribution in [0.2, 0.25) is 0 Å². The molecule has 3 rings (SSSR count). The van der Waals surface area contributed by atoms with Crippen molar-refractivity contribution >= 4 is 28.8 Å². The van der Waals surface area contributed by atoms with Crippen molar-refractivity contribution in [3.8, 4) is 0 Å². The van der Waals surface area contributed by atoms with Crippen LogP contribution in [0.5, 0.6) is 0 Å². The first kappa shape index (κ1) is 15.0. The minimum Gasteiger partial charge on any atom is -0.382 e. The van der Waals surface area contributed by atoms with Crippen molar-refractivity contribution in [2.45, 2.75) is 6.92 Å². The van der Waals surface area contributed by atoms with Crippen LogP contribution in [0.15, 0.2) is 37.2 Å². The molecule has 0 spiro atoms. The molecule has 0 saturated carbocycles. The molecule has 0 unspecified atom stereocenters. The van der Waals surface area contributed by atoms with Crippen LogP contribution in [-0.2, 0) is 4.79 Å². The molecule has 22 heavy (non-hydrogen) atoms. The number of nitrogens with two attached hydrogens (primary N) is 1. The van der Waals surface area contributed by atoms with E-state index in [0.717, 1.165) is 0 Å². The molecule has 0 fully saturated rings. The summed E-state index contributed by atoms with van der Waals surface area (Å²) in [7, 11) is 0. The Morgan fingerprint density at radius 1 is 1.27 bits per heavy atom. The number of nitrogens with one attached hydrogen (secondary N) is 2. The van der Waals surface area contributed by atoms with Crippen LogP contribution in [-0.4, -0.2) is 36.7 Å². The number of nitrogens with zero attached hydrogens (tertiary/aromatic N) is 4. The molecule has 0 aliphatic carbocycles. The molecule has 3 heterocycles. The van der Waals surface area contributed by atoms with Crippen molar-refractivity contribution in [2.24, 2.45) is 0 Å². The van der Waals surface area contributed by atoms with Gasteiger partial charge in [-0.1, -0.05) is 0 Å². The number of nitrogen functional groups attached to an aromatic ring is 1. The highest BCUT2D eigenvalue weighted by Gasteiger charge is 2.05. The Morgan fingerprint density at radius 2 is 2.09 bits per heavy atom. The number of anilines is 1. The van der Waals surface area contributed by atoms with Crippen LogP contribution in [0.3, 0.4) is 0 Å². The average Bonchev–Trinajstić information content (AvgIpc) is 2.98. The lowest BCUT2D eigenvalue weighted by molar-refractivity contribution is -0.118. The standard InChI is InChI=1S/C8H8N2O2.C5H5N5/c1-6(11)10-8(12)7-3-2-4-9-5-7;6-4-3-5(9-1-7-3)10-2-8-4/h2-5H,1H3,(H,10,11,12);1-2H,(H3,6,7,8,9,10). The summed E-state index contributed by atoms with van der Waals surface area (Å²) in [6.45, 7) is 1.29. The number of hydrogen-bond acceptors (Lipinski definition) is 7. The van der Waals surface area contributed by atoms with Gasteiger partial charge in [0, 0.05) is 19.3 Å². The van der Waals surface area contributed by atoms with Crippen LogP contribution in [0.4, 0.5) is 5.82 Å². The van der Waals surface area contributed by atoms with E-state index in [-0.39, 0.29) is 5.91 Å². The zero-order valence-electron chi connectivity index (χ0n) is 11.6.